The first-order valence-corrected chi connectivity index (χ1v) is 12.1. The van der Waals surface area contributed by atoms with Gasteiger partial charge < -0.3 is 29.5 Å². The average Bonchev–Trinajstić information content (AvgIpc) is 3.28. The van der Waals surface area contributed by atoms with E-state index in [0.717, 1.165) is 5.56 Å². The Kier molecular flexibility index (Phi) is 7.43. The number of Topliss-reactive ketones (excluding diaryl/α,β-unsaturated/α-hetero) is 1. The molecule has 0 fully saturated rings. The van der Waals surface area contributed by atoms with Gasteiger partial charge in [0.15, 0.2) is 0 Å². The van der Waals surface area contributed by atoms with Gasteiger partial charge in [0.25, 0.3) is 0 Å². The fraction of sp³-hybridized carbons (Fsp3) is 0.379. The van der Waals surface area contributed by atoms with Crippen LogP contribution in [-0.2, 0) is 25.4 Å². The average molecular weight is 509 g/mol. The van der Waals surface area contributed by atoms with E-state index in [1.165, 1.54) is 38.5 Å². The number of allylic oxidation sites excluding steroid dienone is 1. The molecule has 8 heteroatoms. The molecule has 0 unspecified atom stereocenters. The van der Waals surface area contributed by atoms with Gasteiger partial charge in [-0.15, -0.1) is 0 Å². The number of rotatable bonds is 8. The molecule has 1 aliphatic heterocycles. The Morgan fingerprint density at radius 1 is 1.08 bits per heavy atom. The zero-order chi connectivity index (χ0) is 26.9. The molecule has 0 radical (unpaired) electrons. The maximum Gasteiger partial charge on any atom is 0.337 e. The van der Waals surface area contributed by atoms with E-state index >= 15 is 0 Å². The number of esters is 1. The Balaban J connectivity index is 1.80. The fourth-order valence-electron chi connectivity index (χ4n) is 5.09. The normalized spacial score (nSPS) is 23.1. The second-order valence-corrected chi connectivity index (χ2v) is 9.87. The minimum atomic E-state index is -1.43. The van der Waals surface area contributed by atoms with Crippen molar-refractivity contribution in [3.63, 3.8) is 0 Å². The lowest BCUT2D eigenvalue weighted by atomic mass is 9.76. The molecule has 2 aromatic carbocycles. The van der Waals surface area contributed by atoms with Crippen molar-refractivity contribution in [2.24, 2.45) is 5.92 Å². The van der Waals surface area contributed by atoms with E-state index in [1.807, 2.05) is 30.3 Å². The molecule has 8 nitrogen and oxygen atoms in total. The van der Waals surface area contributed by atoms with Crippen LogP contribution in [-0.4, -0.2) is 59.1 Å². The van der Waals surface area contributed by atoms with Crippen molar-refractivity contribution in [3.05, 3.63) is 88.4 Å². The van der Waals surface area contributed by atoms with Crippen LogP contribution in [0.1, 0.15) is 47.7 Å². The number of aromatic hydroxyl groups is 1. The highest BCUT2D eigenvalue weighted by Crippen LogP contribution is 2.52. The number of methoxy groups -OCH3 is 2. The number of carbonyl (C=O) groups excluding carboxylic acids is 2. The third-order valence-corrected chi connectivity index (χ3v) is 6.89. The highest BCUT2D eigenvalue weighted by Gasteiger charge is 2.53. The zero-order valence-corrected chi connectivity index (χ0v) is 21.3. The summed E-state index contributed by atoms with van der Waals surface area (Å²) in [5.74, 6) is -2.29. The first-order chi connectivity index (χ1) is 17.6. The molecule has 196 valence electrons. The van der Waals surface area contributed by atoms with Crippen LogP contribution in [0.5, 0.6) is 5.75 Å². The Labute approximate surface area is 215 Å². The van der Waals surface area contributed by atoms with E-state index in [2.05, 4.69) is 0 Å². The minimum absolute atomic E-state index is 0.127. The third-order valence-electron chi connectivity index (χ3n) is 6.89. The second kappa shape index (κ2) is 10.4. The van der Waals surface area contributed by atoms with Crippen LogP contribution in [0.2, 0.25) is 0 Å². The van der Waals surface area contributed by atoms with E-state index in [4.69, 9.17) is 14.2 Å². The molecule has 1 aliphatic carbocycles. The SMILES string of the molecule is COC(=O)c1ccc(O)c([C@H]2C3=C(O[C@@H]2C(C)(C)O)[C@@H](C(=O)CCc2ccccc2)[C@@H](O)C=C3OC)c1. The lowest BCUT2D eigenvalue weighted by molar-refractivity contribution is -0.127. The predicted octanol–water partition coefficient (Wildman–Crippen LogP) is 3.41. The molecule has 0 bridgehead atoms. The van der Waals surface area contributed by atoms with Gasteiger partial charge >= 0.3 is 5.97 Å². The van der Waals surface area contributed by atoms with E-state index in [1.54, 1.807) is 13.8 Å². The van der Waals surface area contributed by atoms with Gasteiger partial charge in [-0.1, -0.05) is 30.3 Å². The van der Waals surface area contributed by atoms with Crippen molar-refractivity contribution >= 4 is 11.8 Å². The topological polar surface area (TPSA) is 123 Å². The number of benzene rings is 2. The molecular weight excluding hydrogens is 476 g/mol. The number of phenolic OH excluding ortho intramolecular Hbond substituents is 1. The molecule has 4 rings (SSSR count). The number of carbonyl (C=O) groups is 2. The van der Waals surface area contributed by atoms with Crippen molar-refractivity contribution in [2.75, 3.05) is 14.2 Å². The summed E-state index contributed by atoms with van der Waals surface area (Å²) in [5, 5.41) is 32.9. The van der Waals surface area contributed by atoms with Crippen molar-refractivity contribution in [1.82, 2.24) is 0 Å². The first-order valence-electron chi connectivity index (χ1n) is 12.1. The summed E-state index contributed by atoms with van der Waals surface area (Å²) in [5.41, 5.74) is 0.503. The van der Waals surface area contributed by atoms with E-state index < -0.39 is 35.6 Å². The highest BCUT2D eigenvalue weighted by molar-refractivity contribution is 5.90. The molecule has 37 heavy (non-hydrogen) atoms. The van der Waals surface area contributed by atoms with Crippen molar-refractivity contribution in [2.45, 2.75) is 50.4 Å². The van der Waals surface area contributed by atoms with Gasteiger partial charge in [0.1, 0.15) is 35.1 Å². The predicted molar refractivity (Wildman–Crippen MR) is 135 cm³/mol. The van der Waals surface area contributed by atoms with Crippen molar-refractivity contribution in [1.29, 1.82) is 0 Å². The van der Waals surface area contributed by atoms with Gasteiger partial charge in [-0.3, -0.25) is 4.79 Å². The molecule has 0 spiro atoms. The lowest BCUT2D eigenvalue weighted by Crippen LogP contribution is -2.40. The molecule has 0 amide bonds. The summed E-state index contributed by atoms with van der Waals surface area (Å²) in [7, 11) is 2.69. The summed E-state index contributed by atoms with van der Waals surface area (Å²) in [4.78, 5) is 25.7. The van der Waals surface area contributed by atoms with Crippen LogP contribution in [0.15, 0.2) is 71.7 Å². The minimum Gasteiger partial charge on any atom is -0.508 e. The van der Waals surface area contributed by atoms with E-state index in [-0.39, 0.29) is 35.0 Å². The number of aliphatic hydroxyl groups excluding tert-OH is 1. The fourth-order valence-corrected chi connectivity index (χ4v) is 5.09. The van der Waals surface area contributed by atoms with Crippen LogP contribution in [0.25, 0.3) is 0 Å². The second-order valence-electron chi connectivity index (χ2n) is 9.87. The quantitative estimate of drug-likeness (QED) is 0.464. The number of hydrogen-bond acceptors (Lipinski definition) is 8. The van der Waals surface area contributed by atoms with Crippen LogP contribution < -0.4 is 0 Å². The molecule has 1 heterocycles. The van der Waals surface area contributed by atoms with Crippen LogP contribution in [0.4, 0.5) is 0 Å². The Bertz CT molecular complexity index is 1240. The molecule has 2 aliphatic rings. The molecule has 3 N–H and O–H groups in total. The number of aryl methyl sites for hydroxylation is 1. The summed E-state index contributed by atoms with van der Waals surface area (Å²) >= 11 is 0. The lowest BCUT2D eigenvalue weighted by Gasteiger charge is -2.32. The number of ether oxygens (including phenoxy) is 3. The molecule has 0 saturated carbocycles. The Hall–Kier alpha value is -3.62. The summed E-state index contributed by atoms with van der Waals surface area (Å²) in [6.07, 6.45) is -0.0399. The Morgan fingerprint density at radius 3 is 2.41 bits per heavy atom. The first kappa shape index (κ1) is 26.4. The standard InChI is InChI=1S/C29H32O8/c1-29(2,34)27-23(18-14-17(28(33)36-4)11-13-19(18)30)25-22(35-3)15-21(32)24(26(25)37-27)20(31)12-10-16-8-6-5-7-9-16/h5-9,11,13-15,21,23-24,27,30,32,34H,10,12H2,1-4H3/t21-,23-,24-,27-/m0/s1. The van der Waals surface area contributed by atoms with Crippen molar-refractivity contribution < 1.29 is 39.1 Å². The van der Waals surface area contributed by atoms with Gasteiger partial charge in [-0.05, 0) is 50.1 Å². The summed E-state index contributed by atoms with van der Waals surface area (Å²) < 4.78 is 16.7. The number of hydrogen-bond donors (Lipinski definition) is 3. The molecule has 0 saturated heterocycles. The van der Waals surface area contributed by atoms with E-state index in [9.17, 15) is 24.9 Å². The van der Waals surface area contributed by atoms with Crippen LogP contribution in [0, 0.1) is 5.92 Å². The number of aliphatic hydroxyl groups is 2. The van der Waals surface area contributed by atoms with Gasteiger partial charge in [-0.25, -0.2) is 4.79 Å². The van der Waals surface area contributed by atoms with E-state index in [0.29, 0.717) is 17.6 Å². The zero-order valence-electron chi connectivity index (χ0n) is 21.3. The smallest absolute Gasteiger partial charge is 0.337 e. The van der Waals surface area contributed by atoms with Crippen LogP contribution >= 0.6 is 0 Å². The highest BCUT2D eigenvalue weighted by atomic mass is 16.5. The summed E-state index contributed by atoms with van der Waals surface area (Å²) in [6, 6.07) is 13.9. The Morgan fingerprint density at radius 2 is 1.78 bits per heavy atom. The molecule has 2 aromatic rings. The molecule has 0 aromatic heterocycles. The van der Waals surface area contributed by atoms with Gasteiger partial charge in [0, 0.05) is 17.6 Å². The maximum absolute atomic E-state index is 13.5. The molecular formula is C29H32O8. The maximum atomic E-state index is 13.5. The molecule has 4 atom stereocenters. The van der Waals surface area contributed by atoms with Crippen molar-refractivity contribution in [3.8, 4) is 5.75 Å². The van der Waals surface area contributed by atoms with Gasteiger partial charge in [-0.2, -0.15) is 0 Å². The van der Waals surface area contributed by atoms with Gasteiger partial charge in [0.05, 0.1) is 37.4 Å². The van der Waals surface area contributed by atoms with Crippen LogP contribution in [0.3, 0.4) is 0 Å². The monoisotopic (exact) mass is 508 g/mol. The van der Waals surface area contributed by atoms with Gasteiger partial charge in [0.2, 0.25) is 0 Å². The largest absolute Gasteiger partial charge is 0.508 e. The number of phenols is 1. The third kappa shape index (κ3) is 5.12. The summed E-state index contributed by atoms with van der Waals surface area (Å²) in [6.45, 7) is 3.12. The number of ketones is 1.